The summed E-state index contributed by atoms with van der Waals surface area (Å²) in [4.78, 5) is 31.3. The van der Waals surface area contributed by atoms with E-state index in [9.17, 15) is 18.4 Å². The topological polar surface area (TPSA) is 71.5 Å². The van der Waals surface area contributed by atoms with Crippen LogP contribution in [0.4, 0.5) is 13.9 Å². The van der Waals surface area contributed by atoms with E-state index in [0.29, 0.717) is 47.9 Å². The number of halogens is 2. The van der Waals surface area contributed by atoms with Gasteiger partial charge < -0.3 is 15.0 Å². The summed E-state index contributed by atoms with van der Waals surface area (Å²) in [5.41, 5.74) is 1.58. The van der Waals surface area contributed by atoms with Gasteiger partial charge in [-0.15, -0.1) is 11.3 Å². The molecule has 166 valence electrons. The lowest BCUT2D eigenvalue weighted by molar-refractivity contribution is -0.121. The third-order valence-electron chi connectivity index (χ3n) is 5.43. The molecule has 0 saturated carbocycles. The zero-order chi connectivity index (χ0) is 22.7. The molecule has 32 heavy (non-hydrogen) atoms. The number of likely N-dealkylation sites (tertiary alicyclic amines) is 1. The molecule has 0 bridgehead atoms. The maximum absolute atomic E-state index is 13.9. The number of aromatic nitrogens is 1. The second-order valence-corrected chi connectivity index (χ2v) is 8.31. The zero-order valence-electron chi connectivity index (χ0n) is 17.3. The smallest absolute Gasteiger partial charge is 0.253 e. The van der Waals surface area contributed by atoms with E-state index in [1.165, 1.54) is 54.8 Å². The van der Waals surface area contributed by atoms with Crippen molar-refractivity contribution >= 4 is 28.3 Å². The van der Waals surface area contributed by atoms with Crippen LogP contribution in [0.15, 0.2) is 47.8 Å². The molecule has 2 aromatic carbocycles. The molecule has 1 fully saturated rings. The van der Waals surface area contributed by atoms with Gasteiger partial charge >= 0.3 is 0 Å². The molecule has 0 atom stereocenters. The Morgan fingerprint density at radius 1 is 1.12 bits per heavy atom. The highest BCUT2D eigenvalue weighted by Gasteiger charge is 2.28. The van der Waals surface area contributed by atoms with Gasteiger partial charge in [0.05, 0.1) is 12.8 Å². The van der Waals surface area contributed by atoms with Gasteiger partial charge in [-0.3, -0.25) is 9.59 Å². The van der Waals surface area contributed by atoms with Crippen molar-refractivity contribution in [3.05, 3.63) is 65.0 Å². The molecule has 0 unspecified atom stereocenters. The summed E-state index contributed by atoms with van der Waals surface area (Å²) in [7, 11) is 1.40. The molecular formula is C23H21F2N3O3S. The highest BCUT2D eigenvalue weighted by Crippen LogP contribution is 2.29. The largest absolute Gasteiger partial charge is 0.494 e. The summed E-state index contributed by atoms with van der Waals surface area (Å²) < 4.78 is 31.9. The average Bonchev–Trinajstić information content (AvgIpc) is 3.27. The minimum atomic E-state index is -0.481. The van der Waals surface area contributed by atoms with Gasteiger partial charge in [-0.05, 0) is 55.3 Å². The van der Waals surface area contributed by atoms with Crippen LogP contribution in [0.2, 0.25) is 0 Å². The van der Waals surface area contributed by atoms with E-state index in [0.717, 1.165) is 0 Å². The summed E-state index contributed by atoms with van der Waals surface area (Å²) >= 11 is 1.26. The Kier molecular flexibility index (Phi) is 6.45. The number of nitrogens with one attached hydrogen (secondary N) is 1. The van der Waals surface area contributed by atoms with Gasteiger partial charge in [0.2, 0.25) is 5.91 Å². The lowest BCUT2D eigenvalue weighted by Gasteiger charge is -2.31. The van der Waals surface area contributed by atoms with E-state index in [1.807, 2.05) is 0 Å². The Morgan fingerprint density at radius 3 is 2.50 bits per heavy atom. The lowest BCUT2D eigenvalue weighted by atomic mass is 9.95. The summed E-state index contributed by atoms with van der Waals surface area (Å²) in [5, 5.41) is 5.01. The summed E-state index contributed by atoms with van der Waals surface area (Å²) in [5.74, 6) is -1.27. The Labute approximate surface area is 187 Å². The minimum absolute atomic E-state index is 0.152. The maximum Gasteiger partial charge on any atom is 0.253 e. The number of methoxy groups -OCH3 is 1. The van der Waals surface area contributed by atoms with E-state index < -0.39 is 5.82 Å². The second-order valence-electron chi connectivity index (χ2n) is 7.45. The van der Waals surface area contributed by atoms with E-state index >= 15 is 0 Å². The fraction of sp³-hybridized carbons (Fsp3) is 0.261. The molecule has 4 rings (SSSR count). The molecule has 1 saturated heterocycles. The van der Waals surface area contributed by atoms with Crippen molar-refractivity contribution in [2.24, 2.45) is 5.92 Å². The molecule has 1 aliphatic rings. The molecule has 0 aliphatic carbocycles. The van der Waals surface area contributed by atoms with Crippen LogP contribution in [0.5, 0.6) is 5.75 Å². The number of benzene rings is 2. The summed E-state index contributed by atoms with van der Waals surface area (Å²) in [6.07, 6.45) is 1.06. The molecule has 0 radical (unpaired) electrons. The van der Waals surface area contributed by atoms with E-state index in [1.54, 1.807) is 16.3 Å². The van der Waals surface area contributed by atoms with E-state index in [4.69, 9.17) is 4.74 Å². The molecule has 1 N–H and O–H groups in total. The van der Waals surface area contributed by atoms with Crippen molar-refractivity contribution in [2.75, 3.05) is 25.5 Å². The predicted molar refractivity (Wildman–Crippen MR) is 118 cm³/mol. The zero-order valence-corrected chi connectivity index (χ0v) is 18.1. The monoisotopic (exact) mass is 457 g/mol. The van der Waals surface area contributed by atoms with E-state index in [2.05, 4.69) is 10.3 Å². The molecule has 3 aromatic rings. The molecular weight excluding hydrogens is 436 g/mol. The fourth-order valence-electron chi connectivity index (χ4n) is 3.62. The first-order valence-corrected chi connectivity index (χ1v) is 11.0. The predicted octanol–water partition coefficient (Wildman–Crippen LogP) is 4.59. The number of thiazole rings is 1. The number of carbonyl (C=O) groups is 2. The van der Waals surface area contributed by atoms with Gasteiger partial charge in [0, 0.05) is 35.5 Å². The number of hydrogen-bond donors (Lipinski definition) is 1. The quantitative estimate of drug-likeness (QED) is 0.609. The van der Waals surface area contributed by atoms with Crippen LogP contribution in [-0.2, 0) is 4.79 Å². The van der Waals surface area contributed by atoms with Crippen LogP contribution in [0, 0.1) is 17.6 Å². The fourth-order valence-corrected chi connectivity index (χ4v) is 4.34. The standard InChI is InChI=1S/C23H21F2N3O3S/c1-31-20-7-4-16(12-18(20)25)19-13-32-23(26-19)27-21(29)14-8-10-28(11-9-14)22(30)15-2-5-17(24)6-3-15/h2-7,12-14H,8-11H2,1H3,(H,26,27,29). The van der Waals surface area contributed by atoms with E-state index in [-0.39, 0.29) is 29.3 Å². The van der Waals surface area contributed by atoms with Gasteiger partial charge in [-0.25, -0.2) is 13.8 Å². The summed E-state index contributed by atoms with van der Waals surface area (Å²) in [6.45, 7) is 0.894. The number of nitrogens with zero attached hydrogens (tertiary/aromatic N) is 2. The number of amides is 2. The van der Waals surface area contributed by atoms with Crippen LogP contribution in [0.1, 0.15) is 23.2 Å². The van der Waals surface area contributed by atoms with Crippen molar-refractivity contribution in [1.29, 1.82) is 0 Å². The van der Waals surface area contributed by atoms with Crippen LogP contribution >= 0.6 is 11.3 Å². The highest BCUT2D eigenvalue weighted by atomic mass is 32.1. The Hall–Kier alpha value is -3.33. The van der Waals surface area contributed by atoms with Crippen LogP contribution in [0.3, 0.4) is 0 Å². The van der Waals surface area contributed by atoms with Gasteiger partial charge in [-0.1, -0.05) is 0 Å². The number of carbonyl (C=O) groups excluding carboxylic acids is 2. The normalized spacial score (nSPS) is 14.3. The van der Waals surface area contributed by atoms with Gasteiger partial charge in [0.1, 0.15) is 5.82 Å². The van der Waals surface area contributed by atoms with Crippen LogP contribution < -0.4 is 10.1 Å². The van der Waals surface area contributed by atoms with Crippen molar-refractivity contribution in [1.82, 2.24) is 9.88 Å². The Bertz CT molecular complexity index is 1130. The molecule has 6 nitrogen and oxygen atoms in total. The van der Waals surface area contributed by atoms with Crippen molar-refractivity contribution in [3.63, 3.8) is 0 Å². The number of rotatable bonds is 5. The number of hydrogen-bond acceptors (Lipinski definition) is 5. The van der Waals surface area contributed by atoms with Crippen LogP contribution in [0.25, 0.3) is 11.3 Å². The Morgan fingerprint density at radius 2 is 1.84 bits per heavy atom. The van der Waals surface area contributed by atoms with Crippen molar-refractivity contribution in [3.8, 4) is 17.0 Å². The molecule has 9 heteroatoms. The average molecular weight is 458 g/mol. The molecule has 1 aliphatic heterocycles. The number of anilines is 1. The number of piperidine rings is 1. The molecule has 0 spiro atoms. The third kappa shape index (κ3) is 4.77. The first-order valence-electron chi connectivity index (χ1n) is 10.1. The van der Waals surface area contributed by atoms with Crippen molar-refractivity contribution < 1.29 is 23.1 Å². The van der Waals surface area contributed by atoms with Crippen LogP contribution in [-0.4, -0.2) is 41.9 Å². The minimum Gasteiger partial charge on any atom is -0.494 e. The third-order valence-corrected chi connectivity index (χ3v) is 6.18. The van der Waals surface area contributed by atoms with Crippen molar-refractivity contribution in [2.45, 2.75) is 12.8 Å². The van der Waals surface area contributed by atoms with Gasteiger partial charge in [-0.2, -0.15) is 0 Å². The van der Waals surface area contributed by atoms with Gasteiger partial charge in [0.15, 0.2) is 16.7 Å². The second kappa shape index (κ2) is 9.44. The first kappa shape index (κ1) is 21.9. The van der Waals surface area contributed by atoms with Gasteiger partial charge in [0.25, 0.3) is 5.91 Å². The maximum atomic E-state index is 13.9. The highest BCUT2D eigenvalue weighted by molar-refractivity contribution is 7.14. The SMILES string of the molecule is COc1ccc(-c2csc(NC(=O)C3CCN(C(=O)c4ccc(F)cc4)CC3)n2)cc1F. The molecule has 2 heterocycles. The first-order chi connectivity index (χ1) is 15.4. The number of ether oxygens (including phenoxy) is 1. The lowest BCUT2D eigenvalue weighted by Crippen LogP contribution is -2.41. The Balaban J connectivity index is 1.33. The molecule has 2 amide bonds. The summed E-state index contributed by atoms with van der Waals surface area (Å²) in [6, 6.07) is 10.0. The molecule has 1 aromatic heterocycles.